The molecule has 5 aromatic rings. The minimum Gasteiger partial charge on any atom is -0.490 e. The fourth-order valence-corrected chi connectivity index (χ4v) is 4.71. The van der Waals surface area contributed by atoms with Crippen LogP contribution in [0.5, 0.6) is 11.5 Å². The number of rotatable bonds is 8. The average Bonchev–Trinajstić information content (AvgIpc) is 3.48. The summed E-state index contributed by atoms with van der Waals surface area (Å²) >= 11 is 1.29. The summed E-state index contributed by atoms with van der Waals surface area (Å²) < 4.78 is 19.5. The van der Waals surface area contributed by atoms with E-state index in [2.05, 4.69) is 17.0 Å². The molecule has 2 aromatic carbocycles. The van der Waals surface area contributed by atoms with Gasteiger partial charge in [0.25, 0.3) is 5.56 Å². The second-order valence-electron chi connectivity index (χ2n) is 7.94. The average molecular weight is 476 g/mol. The lowest BCUT2D eigenvalue weighted by Gasteiger charge is -2.12. The highest BCUT2D eigenvalue weighted by Crippen LogP contribution is 2.31. The third kappa shape index (κ3) is 4.05. The molecule has 0 fully saturated rings. The van der Waals surface area contributed by atoms with Crippen molar-refractivity contribution >= 4 is 33.3 Å². The molecule has 0 aliphatic rings. The molecule has 0 spiro atoms. The van der Waals surface area contributed by atoms with Gasteiger partial charge in [0.1, 0.15) is 5.58 Å². The smallest absolute Gasteiger partial charge is 0.291 e. The second-order valence-corrected chi connectivity index (χ2v) is 8.95. The number of hydrogen-bond acceptors (Lipinski definition) is 7. The molecule has 0 aliphatic carbocycles. The second kappa shape index (κ2) is 9.30. The Morgan fingerprint density at radius 2 is 1.97 bits per heavy atom. The van der Waals surface area contributed by atoms with E-state index in [-0.39, 0.29) is 5.56 Å². The molecule has 0 amide bonds. The molecular weight excluding hydrogens is 450 g/mol. The molecule has 0 aliphatic heterocycles. The Morgan fingerprint density at radius 3 is 2.74 bits per heavy atom. The van der Waals surface area contributed by atoms with Crippen LogP contribution in [0.3, 0.4) is 0 Å². The molecule has 8 heteroatoms. The highest BCUT2D eigenvalue weighted by molar-refractivity contribution is 7.15. The van der Waals surface area contributed by atoms with Gasteiger partial charge in [-0.2, -0.15) is 9.50 Å². The maximum atomic E-state index is 13.0. The maximum Gasteiger partial charge on any atom is 0.291 e. The number of hydrogen-bond donors (Lipinski definition) is 0. The summed E-state index contributed by atoms with van der Waals surface area (Å²) in [7, 11) is 0. The Bertz CT molecular complexity index is 1580. The van der Waals surface area contributed by atoms with Crippen molar-refractivity contribution in [2.24, 2.45) is 0 Å². The van der Waals surface area contributed by atoms with Crippen molar-refractivity contribution in [2.75, 3.05) is 13.2 Å². The summed E-state index contributed by atoms with van der Waals surface area (Å²) in [6.07, 6.45) is 3.87. The zero-order valence-electron chi connectivity index (χ0n) is 19.3. The lowest BCUT2D eigenvalue weighted by molar-refractivity contribution is 0.272. The largest absolute Gasteiger partial charge is 0.490 e. The number of benzene rings is 2. The lowest BCUT2D eigenvalue weighted by atomic mass is 10.1. The number of nitrogens with zero attached hydrogens (tertiary/aromatic N) is 3. The first-order valence-corrected chi connectivity index (χ1v) is 12.2. The Balaban J connectivity index is 1.50. The molecule has 34 heavy (non-hydrogen) atoms. The van der Waals surface area contributed by atoms with Gasteiger partial charge in [-0.05, 0) is 50.1 Å². The fraction of sp³-hybridized carbons (Fsp3) is 0.269. The van der Waals surface area contributed by atoms with Crippen molar-refractivity contribution in [3.05, 3.63) is 68.5 Å². The van der Waals surface area contributed by atoms with Gasteiger partial charge in [0.2, 0.25) is 10.8 Å². The van der Waals surface area contributed by atoms with Crippen molar-refractivity contribution in [1.82, 2.24) is 14.6 Å². The van der Waals surface area contributed by atoms with E-state index in [1.807, 2.05) is 62.4 Å². The van der Waals surface area contributed by atoms with Gasteiger partial charge in [-0.3, -0.25) is 4.79 Å². The minimum absolute atomic E-state index is 0.214. The van der Waals surface area contributed by atoms with Crippen LogP contribution in [0.15, 0.2) is 51.7 Å². The number of para-hydroxylation sites is 1. The van der Waals surface area contributed by atoms with E-state index in [0.717, 1.165) is 34.9 Å². The highest BCUT2D eigenvalue weighted by atomic mass is 32.1. The fourth-order valence-electron chi connectivity index (χ4n) is 3.80. The maximum absolute atomic E-state index is 13.0. The van der Waals surface area contributed by atoms with Crippen molar-refractivity contribution < 1.29 is 13.9 Å². The van der Waals surface area contributed by atoms with E-state index in [1.165, 1.54) is 15.9 Å². The van der Waals surface area contributed by atoms with Crippen molar-refractivity contribution in [3.63, 3.8) is 0 Å². The van der Waals surface area contributed by atoms with Crippen LogP contribution in [0.1, 0.15) is 37.8 Å². The topological polar surface area (TPSA) is 78.9 Å². The first-order valence-electron chi connectivity index (χ1n) is 11.4. The van der Waals surface area contributed by atoms with Crippen LogP contribution in [-0.4, -0.2) is 27.8 Å². The van der Waals surface area contributed by atoms with Crippen molar-refractivity contribution in [2.45, 2.75) is 33.6 Å². The van der Waals surface area contributed by atoms with Crippen LogP contribution in [-0.2, 0) is 0 Å². The number of fused-ring (bicyclic) bond motifs is 2. The number of aryl methyl sites for hydroxylation is 1. The molecule has 0 bridgehead atoms. The van der Waals surface area contributed by atoms with Crippen LogP contribution in [0.2, 0.25) is 0 Å². The predicted octanol–water partition coefficient (Wildman–Crippen LogP) is 5.00. The number of furan rings is 1. The molecule has 3 aromatic heterocycles. The van der Waals surface area contributed by atoms with Crippen LogP contribution in [0.25, 0.3) is 33.6 Å². The molecular formula is C26H25N3O4S. The van der Waals surface area contributed by atoms with E-state index >= 15 is 0 Å². The van der Waals surface area contributed by atoms with Gasteiger partial charge in [0.15, 0.2) is 17.3 Å². The molecule has 0 atom stereocenters. The van der Waals surface area contributed by atoms with Crippen LogP contribution < -0.4 is 19.6 Å². The predicted molar refractivity (Wildman–Crippen MR) is 134 cm³/mol. The molecule has 5 rings (SSSR count). The van der Waals surface area contributed by atoms with Gasteiger partial charge in [-0.15, -0.1) is 5.10 Å². The van der Waals surface area contributed by atoms with Crippen LogP contribution >= 0.6 is 11.3 Å². The monoisotopic (exact) mass is 475 g/mol. The summed E-state index contributed by atoms with van der Waals surface area (Å²) in [6.45, 7) is 7.20. The van der Waals surface area contributed by atoms with Gasteiger partial charge in [-0.25, -0.2) is 0 Å². The summed E-state index contributed by atoms with van der Waals surface area (Å²) in [4.78, 5) is 18.1. The van der Waals surface area contributed by atoms with Gasteiger partial charge in [0.05, 0.1) is 17.7 Å². The Labute approximate surface area is 200 Å². The molecule has 0 saturated carbocycles. The van der Waals surface area contributed by atoms with Crippen molar-refractivity contribution in [1.29, 1.82) is 0 Å². The first-order chi connectivity index (χ1) is 16.6. The zero-order chi connectivity index (χ0) is 23.7. The molecule has 7 nitrogen and oxygen atoms in total. The Hall–Kier alpha value is -3.65. The van der Waals surface area contributed by atoms with E-state index in [4.69, 9.17) is 13.9 Å². The van der Waals surface area contributed by atoms with E-state index in [1.54, 1.807) is 0 Å². The van der Waals surface area contributed by atoms with Crippen LogP contribution in [0.4, 0.5) is 0 Å². The minimum atomic E-state index is -0.214. The third-order valence-corrected chi connectivity index (χ3v) is 6.51. The third-order valence-electron chi connectivity index (χ3n) is 5.55. The first kappa shape index (κ1) is 22.2. The summed E-state index contributed by atoms with van der Waals surface area (Å²) in [5.74, 6) is 2.38. The lowest BCUT2D eigenvalue weighted by Crippen LogP contribution is -2.23. The molecule has 0 saturated heterocycles. The van der Waals surface area contributed by atoms with Crippen LogP contribution in [0, 0.1) is 6.92 Å². The molecule has 0 radical (unpaired) electrons. The Morgan fingerprint density at radius 1 is 1.12 bits per heavy atom. The zero-order valence-corrected chi connectivity index (χ0v) is 20.1. The quantitative estimate of drug-likeness (QED) is 0.294. The van der Waals surface area contributed by atoms with E-state index in [9.17, 15) is 4.79 Å². The summed E-state index contributed by atoms with van der Waals surface area (Å²) in [5, 5.41) is 5.46. The highest BCUT2D eigenvalue weighted by Gasteiger charge is 2.19. The van der Waals surface area contributed by atoms with E-state index < -0.39 is 0 Å². The molecule has 3 heterocycles. The molecule has 0 N–H and O–H groups in total. The number of ether oxygens (including phenoxy) is 2. The summed E-state index contributed by atoms with van der Waals surface area (Å²) in [6, 6.07) is 13.5. The standard InChI is InChI=1S/C26H25N3O4S/c1-4-6-13-32-20-12-11-17(14-21(20)31-5-2)15-22-25(30)29-26(34-22)27-24(28-29)23-16(3)18-9-7-8-10-19(18)33-23/h7-12,14-15H,4-6,13H2,1-3H3/b22-15+. The SMILES string of the molecule is CCCCOc1ccc(/C=c2/sc3nc(-c4oc5ccccc5c4C)nn3c2=O)cc1OCC. The molecule has 174 valence electrons. The van der Waals surface area contributed by atoms with Gasteiger partial charge < -0.3 is 13.9 Å². The summed E-state index contributed by atoms with van der Waals surface area (Å²) in [5.41, 5.74) is 2.37. The van der Waals surface area contributed by atoms with Gasteiger partial charge in [0, 0.05) is 10.9 Å². The van der Waals surface area contributed by atoms with E-state index in [0.29, 0.717) is 45.8 Å². The Kier molecular flexibility index (Phi) is 6.06. The van der Waals surface area contributed by atoms with Gasteiger partial charge >= 0.3 is 0 Å². The number of thiazole rings is 1. The normalized spacial score (nSPS) is 12.1. The number of unbranched alkanes of at least 4 members (excludes halogenated alkanes) is 1. The van der Waals surface area contributed by atoms with Gasteiger partial charge in [-0.1, -0.05) is 48.9 Å². The number of aromatic nitrogens is 3. The molecule has 0 unspecified atom stereocenters. The van der Waals surface area contributed by atoms with Crippen molar-refractivity contribution in [3.8, 4) is 23.1 Å².